The molecule has 1 amide bonds. The van der Waals surface area contributed by atoms with E-state index < -0.39 is 0 Å². The monoisotopic (exact) mass is 258 g/mol. The summed E-state index contributed by atoms with van der Waals surface area (Å²) in [6.07, 6.45) is 2.54. The molecule has 1 saturated heterocycles. The number of likely N-dealkylation sites (tertiary alicyclic amines) is 1. The van der Waals surface area contributed by atoms with Gasteiger partial charge >= 0.3 is 0 Å². The molecule has 1 aromatic heterocycles. The van der Waals surface area contributed by atoms with Crippen molar-refractivity contribution in [2.45, 2.75) is 32.6 Å². The van der Waals surface area contributed by atoms with Crippen LogP contribution in [-0.4, -0.2) is 39.1 Å². The van der Waals surface area contributed by atoms with Gasteiger partial charge in [0, 0.05) is 19.0 Å². The molecule has 1 aromatic rings. The molecule has 19 heavy (non-hydrogen) atoms. The molecule has 0 radical (unpaired) electrons. The highest BCUT2D eigenvalue weighted by Crippen LogP contribution is 2.46. The molecule has 2 heterocycles. The summed E-state index contributed by atoms with van der Waals surface area (Å²) in [5.74, 6) is 8.44. The topological polar surface area (TPSA) is 61.9 Å². The standard InChI is InChI=1S/C14H18N4O/c1-3-4-13(19)18-7-11(10-5-6-10)12(8-18)14-15-9(2)16-17-14/h10-12H,5-8H2,1-2H3,(H,15,16,17)/t11-,12+/m0/s1. The Balaban J connectivity index is 1.81. The normalized spacial score (nSPS) is 26.1. The van der Waals surface area contributed by atoms with Gasteiger partial charge in [0.15, 0.2) is 5.82 Å². The van der Waals surface area contributed by atoms with E-state index in [1.54, 1.807) is 6.92 Å². The minimum atomic E-state index is -0.0668. The van der Waals surface area contributed by atoms with Crippen molar-refractivity contribution in [2.75, 3.05) is 13.1 Å². The Hall–Kier alpha value is -1.83. The molecule has 2 aliphatic rings. The lowest BCUT2D eigenvalue weighted by molar-refractivity contribution is -0.124. The number of hydrogen-bond acceptors (Lipinski definition) is 3. The van der Waals surface area contributed by atoms with Crippen molar-refractivity contribution < 1.29 is 4.79 Å². The van der Waals surface area contributed by atoms with Crippen molar-refractivity contribution in [3.63, 3.8) is 0 Å². The van der Waals surface area contributed by atoms with E-state index >= 15 is 0 Å². The third kappa shape index (κ3) is 2.35. The molecule has 5 nitrogen and oxygen atoms in total. The van der Waals surface area contributed by atoms with Gasteiger partial charge in [-0.05, 0) is 44.4 Å². The van der Waals surface area contributed by atoms with E-state index in [-0.39, 0.29) is 11.8 Å². The molecule has 0 bridgehead atoms. The smallest absolute Gasteiger partial charge is 0.298 e. The quantitative estimate of drug-likeness (QED) is 0.808. The highest BCUT2D eigenvalue weighted by molar-refractivity contribution is 5.93. The molecule has 0 unspecified atom stereocenters. The second-order valence-corrected chi connectivity index (χ2v) is 5.47. The molecule has 1 saturated carbocycles. The first-order valence-corrected chi connectivity index (χ1v) is 6.79. The van der Waals surface area contributed by atoms with Crippen LogP contribution in [0.4, 0.5) is 0 Å². The number of aromatic amines is 1. The number of hydrogen-bond donors (Lipinski definition) is 1. The minimum absolute atomic E-state index is 0.0668. The first-order chi connectivity index (χ1) is 9.19. The number of aromatic nitrogens is 3. The van der Waals surface area contributed by atoms with Gasteiger partial charge in [0.25, 0.3) is 5.91 Å². The molecular weight excluding hydrogens is 240 g/mol. The zero-order chi connectivity index (χ0) is 13.4. The summed E-state index contributed by atoms with van der Waals surface area (Å²) in [4.78, 5) is 18.2. The molecule has 2 atom stereocenters. The van der Waals surface area contributed by atoms with Crippen molar-refractivity contribution in [3.05, 3.63) is 11.6 Å². The number of aryl methyl sites for hydroxylation is 1. The third-order valence-electron chi connectivity index (χ3n) is 4.06. The van der Waals surface area contributed by atoms with Gasteiger partial charge in [0.2, 0.25) is 0 Å². The van der Waals surface area contributed by atoms with Gasteiger partial charge in [0.05, 0.1) is 0 Å². The number of carbonyl (C=O) groups excluding carboxylic acids is 1. The molecule has 2 fully saturated rings. The van der Waals surface area contributed by atoms with Gasteiger partial charge < -0.3 is 4.90 Å². The molecule has 3 rings (SSSR count). The average molecular weight is 258 g/mol. The van der Waals surface area contributed by atoms with Crippen molar-refractivity contribution in [1.29, 1.82) is 0 Å². The number of H-pyrrole nitrogens is 1. The Morgan fingerprint density at radius 1 is 1.42 bits per heavy atom. The van der Waals surface area contributed by atoms with Crippen LogP contribution in [0.5, 0.6) is 0 Å². The van der Waals surface area contributed by atoms with E-state index in [0.717, 1.165) is 24.1 Å². The Morgan fingerprint density at radius 2 is 2.21 bits per heavy atom. The van der Waals surface area contributed by atoms with Gasteiger partial charge in [-0.3, -0.25) is 9.89 Å². The fraction of sp³-hybridized carbons (Fsp3) is 0.643. The van der Waals surface area contributed by atoms with Crippen LogP contribution < -0.4 is 0 Å². The van der Waals surface area contributed by atoms with E-state index in [9.17, 15) is 4.79 Å². The lowest BCUT2D eigenvalue weighted by Crippen LogP contribution is -2.27. The number of amides is 1. The molecule has 0 aromatic carbocycles. The van der Waals surface area contributed by atoms with Gasteiger partial charge in [-0.2, -0.15) is 5.10 Å². The highest BCUT2D eigenvalue weighted by Gasteiger charge is 2.45. The molecule has 5 heteroatoms. The lowest BCUT2D eigenvalue weighted by atomic mass is 9.91. The maximum Gasteiger partial charge on any atom is 0.298 e. The Kier molecular flexibility index (Phi) is 3.02. The minimum Gasteiger partial charge on any atom is -0.331 e. The summed E-state index contributed by atoms with van der Waals surface area (Å²) < 4.78 is 0. The van der Waals surface area contributed by atoms with E-state index in [1.807, 2.05) is 11.8 Å². The van der Waals surface area contributed by atoms with Crippen molar-refractivity contribution >= 4 is 5.91 Å². The maximum atomic E-state index is 11.9. The second kappa shape index (κ2) is 4.69. The first kappa shape index (κ1) is 12.2. The van der Waals surface area contributed by atoms with Crippen LogP contribution >= 0.6 is 0 Å². The van der Waals surface area contributed by atoms with E-state index in [2.05, 4.69) is 27.0 Å². The average Bonchev–Trinajstić information content (AvgIpc) is 2.98. The Bertz CT molecular complexity index is 549. The van der Waals surface area contributed by atoms with E-state index in [0.29, 0.717) is 12.5 Å². The summed E-state index contributed by atoms with van der Waals surface area (Å²) in [5.41, 5.74) is 0. The number of rotatable bonds is 2. The molecule has 1 aliphatic heterocycles. The van der Waals surface area contributed by atoms with E-state index in [1.165, 1.54) is 12.8 Å². The largest absolute Gasteiger partial charge is 0.331 e. The lowest BCUT2D eigenvalue weighted by Gasteiger charge is -2.13. The number of carbonyl (C=O) groups is 1. The number of nitrogens with zero attached hydrogens (tertiary/aromatic N) is 3. The zero-order valence-corrected chi connectivity index (χ0v) is 11.3. The first-order valence-electron chi connectivity index (χ1n) is 6.79. The third-order valence-corrected chi connectivity index (χ3v) is 4.06. The van der Waals surface area contributed by atoms with Crippen LogP contribution in [0.15, 0.2) is 0 Å². The molecule has 0 spiro atoms. The molecular formula is C14H18N4O. The Morgan fingerprint density at radius 3 is 2.79 bits per heavy atom. The van der Waals surface area contributed by atoms with Crippen LogP contribution in [0.25, 0.3) is 0 Å². The van der Waals surface area contributed by atoms with Crippen LogP contribution in [0.1, 0.15) is 37.3 Å². The predicted octanol–water partition coefficient (Wildman–Crippen LogP) is 1.09. The number of nitrogens with one attached hydrogen (secondary N) is 1. The molecule has 1 aliphatic carbocycles. The summed E-state index contributed by atoms with van der Waals surface area (Å²) in [5, 5.41) is 7.19. The maximum absolute atomic E-state index is 11.9. The van der Waals surface area contributed by atoms with Crippen LogP contribution in [-0.2, 0) is 4.79 Å². The van der Waals surface area contributed by atoms with Crippen LogP contribution in [0.2, 0.25) is 0 Å². The Labute approximate surface area is 112 Å². The zero-order valence-electron chi connectivity index (χ0n) is 11.3. The summed E-state index contributed by atoms with van der Waals surface area (Å²) in [6.45, 7) is 5.11. The van der Waals surface area contributed by atoms with Gasteiger partial charge in [-0.1, -0.05) is 5.92 Å². The fourth-order valence-corrected chi connectivity index (χ4v) is 2.98. The van der Waals surface area contributed by atoms with Crippen LogP contribution in [0.3, 0.4) is 0 Å². The molecule has 100 valence electrons. The van der Waals surface area contributed by atoms with Gasteiger partial charge in [0.1, 0.15) is 5.82 Å². The summed E-state index contributed by atoms with van der Waals surface area (Å²) >= 11 is 0. The van der Waals surface area contributed by atoms with Gasteiger partial charge in [-0.25, -0.2) is 4.98 Å². The van der Waals surface area contributed by atoms with Crippen molar-refractivity contribution in [3.8, 4) is 11.8 Å². The summed E-state index contributed by atoms with van der Waals surface area (Å²) in [6, 6.07) is 0. The predicted molar refractivity (Wildman–Crippen MR) is 70.1 cm³/mol. The van der Waals surface area contributed by atoms with Crippen molar-refractivity contribution in [1.82, 2.24) is 20.1 Å². The molecule has 1 N–H and O–H groups in total. The SMILES string of the molecule is CC#CC(=O)N1C[C@@H](c2n[nH]c(C)n2)[C@H](C2CC2)C1. The van der Waals surface area contributed by atoms with Gasteiger partial charge in [-0.15, -0.1) is 0 Å². The summed E-state index contributed by atoms with van der Waals surface area (Å²) in [7, 11) is 0. The highest BCUT2D eigenvalue weighted by atomic mass is 16.2. The van der Waals surface area contributed by atoms with Crippen molar-refractivity contribution in [2.24, 2.45) is 11.8 Å². The second-order valence-electron chi connectivity index (χ2n) is 5.47. The van der Waals surface area contributed by atoms with Crippen LogP contribution in [0, 0.1) is 30.6 Å². The van der Waals surface area contributed by atoms with E-state index in [4.69, 9.17) is 0 Å². The fourth-order valence-electron chi connectivity index (χ4n) is 2.98.